The molecule has 3 heterocycles. The number of amides is 1. The Kier molecular flexibility index (Phi) is 3.39. The van der Waals surface area contributed by atoms with Gasteiger partial charge in [-0.15, -0.1) is 0 Å². The zero-order chi connectivity index (χ0) is 17.4. The van der Waals surface area contributed by atoms with E-state index in [1.165, 1.54) is 6.08 Å². The van der Waals surface area contributed by atoms with E-state index in [1.54, 1.807) is 18.3 Å². The molecule has 1 aliphatic rings. The molecular formula is C18H12N4O3. The number of aromatic nitrogens is 3. The Morgan fingerprint density at radius 1 is 1.24 bits per heavy atom. The first-order valence-electron chi connectivity index (χ1n) is 7.49. The average molecular weight is 332 g/mol. The fourth-order valence-corrected chi connectivity index (χ4v) is 2.75. The number of carbonyl (C=O) groups is 2. The third-order valence-corrected chi connectivity index (χ3v) is 3.89. The van der Waals surface area contributed by atoms with Gasteiger partial charge in [0.25, 0.3) is 5.91 Å². The largest absolute Gasteiger partial charge is 0.478 e. The standard InChI is InChI=1S/C18H12N4O3/c23-16(24)6-5-14-12-4-3-10(9-15(12)22-21-14)8-13-11-2-1-7-19-17(11)20-18(13)25/h1-9H,(H,21,22)(H,23,24)(H,19,20,25)/b6-5+,13-8?. The Labute approximate surface area is 141 Å². The molecule has 0 spiro atoms. The molecule has 3 aromatic rings. The van der Waals surface area contributed by atoms with E-state index >= 15 is 0 Å². The van der Waals surface area contributed by atoms with Gasteiger partial charge in [0, 0.05) is 23.2 Å². The van der Waals surface area contributed by atoms with Crippen molar-refractivity contribution in [3.05, 3.63) is 59.4 Å². The van der Waals surface area contributed by atoms with Crippen LogP contribution < -0.4 is 5.32 Å². The van der Waals surface area contributed by atoms with Crippen LogP contribution in [0.3, 0.4) is 0 Å². The molecule has 0 atom stereocenters. The number of carboxylic acids is 1. The molecule has 1 aliphatic heterocycles. The van der Waals surface area contributed by atoms with Crippen LogP contribution in [-0.4, -0.2) is 32.2 Å². The van der Waals surface area contributed by atoms with Crippen molar-refractivity contribution in [1.29, 1.82) is 0 Å². The number of pyridine rings is 1. The van der Waals surface area contributed by atoms with Gasteiger partial charge in [0.05, 0.1) is 16.8 Å². The van der Waals surface area contributed by atoms with Gasteiger partial charge in [-0.1, -0.05) is 6.07 Å². The van der Waals surface area contributed by atoms with Crippen molar-refractivity contribution in [2.24, 2.45) is 0 Å². The lowest BCUT2D eigenvalue weighted by Crippen LogP contribution is -2.04. The highest BCUT2D eigenvalue weighted by Crippen LogP contribution is 2.31. The number of nitrogens with zero attached hydrogens (tertiary/aromatic N) is 2. The van der Waals surface area contributed by atoms with Crippen LogP contribution in [0, 0.1) is 0 Å². The molecule has 25 heavy (non-hydrogen) atoms. The third kappa shape index (κ3) is 2.67. The third-order valence-electron chi connectivity index (χ3n) is 3.89. The van der Waals surface area contributed by atoms with Crippen LogP contribution in [-0.2, 0) is 9.59 Å². The predicted octanol–water partition coefficient (Wildman–Crippen LogP) is 2.55. The predicted molar refractivity (Wildman–Crippen MR) is 93.5 cm³/mol. The summed E-state index contributed by atoms with van der Waals surface area (Å²) >= 11 is 0. The molecule has 4 rings (SSSR count). The van der Waals surface area contributed by atoms with Crippen LogP contribution in [0.2, 0.25) is 0 Å². The summed E-state index contributed by atoms with van der Waals surface area (Å²) in [7, 11) is 0. The minimum Gasteiger partial charge on any atom is -0.478 e. The molecule has 7 heteroatoms. The molecule has 1 amide bonds. The Morgan fingerprint density at radius 2 is 2.12 bits per heavy atom. The van der Waals surface area contributed by atoms with Gasteiger partial charge in [-0.2, -0.15) is 5.10 Å². The van der Waals surface area contributed by atoms with Gasteiger partial charge in [-0.25, -0.2) is 9.78 Å². The maximum absolute atomic E-state index is 12.1. The van der Waals surface area contributed by atoms with Crippen molar-refractivity contribution in [2.45, 2.75) is 0 Å². The van der Waals surface area contributed by atoms with Gasteiger partial charge >= 0.3 is 5.97 Å². The number of benzene rings is 1. The van der Waals surface area contributed by atoms with E-state index in [4.69, 9.17) is 5.11 Å². The highest BCUT2D eigenvalue weighted by atomic mass is 16.4. The molecular weight excluding hydrogens is 320 g/mol. The fraction of sp³-hybridized carbons (Fsp3) is 0. The van der Waals surface area contributed by atoms with Crippen LogP contribution in [0.15, 0.2) is 42.6 Å². The van der Waals surface area contributed by atoms with E-state index in [2.05, 4.69) is 20.5 Å². The number of carboxylic acid groups (broad SMARTS) is 1. The van der Waals surface area contributed by atoms with Crippen molar-refractivity contribution < 1.29 is 14.7 Å². The van der Waals surface area contributed by atoms with Gasteiger partial charge in [0.2, 0.25) is 0 Å². The van der Waals surface area contributed by atoms with Crippen LogP contribution in [0.4, 0.5) is 5.82 Å². The topological polar surface area (TPSA) is 108 Å². The van der Waals surface area contributed by atoms with Crippen molar-refractivity contribution in [1.82, 2.24) is 15.2 Å². The molecule has 122 valence electrons. The first-order chi connectivity index (χ1) is 12.1. The first-order valence-corrected chi connectivity index (χ1v) is 7.49. The monoisotopic (exact) mass is 332 g/mol. The van der Waals surface area contributed by atoms with E-state index in [9.17, 15) is 9.59 Å². The van der Waals surface area contributed by atoms with Crippen molar-refractivity contribution in [3.8, 4) is 0 Å². The van der Waals surface area contributed by atoms with Gasteiger partial charge in [0.1, 0.15) is 5.82 Å². The minimum absolute atomic E-state index is 0.191. The van der Waals surface area contributed by atoms with E-state index in [0.717, 1.165) is 28.1 Å². The molecule has 0 radical (unpaired) electrons. The average Bonchev–Trinajstić information content (AvgIpc) is 3.14. The molecule has 2 aromatic heterocycles. The maximum atomic E-state index is 12.1. The number of hydrogen-bond acceptors (Lipinski definition) is 4. The summed E-state index contributed by atoms with van der Waals surface area (Å²) in [4.78, 5) is 26.9. The van der Waals surface area contributed by atoms with Gasteiger partial charge in [-0.05, 0) is 42.0 Å². The van der Waals surface area contributed by atoms with Crippen molar-refractivity contribution in [3.63, 3.8) is 0 Å². The second kappa shape index (κ2) is 5.72. The minimum atomic E-state index is -1.03. The number of hydrogen-bond donors (Lipinski definition) is 3. The number of nitrogens with one attached hydrogen (secondary N) is 2. The quantitative estimate of drug-likeness (QED) is 0.639. The van der Waals surface area contributed by atoms with Gasteiger partial charge < -0.3 is 10.4 Å². The molecule has 0 fully saturated rings. The maximum Gasteiger partial charge on any atom is 0.328 e. The second-order valence-corrected chi connectivity index (χ2v) is 5.50. The molecule has 7 nitrogen and oxygen atoms in total. The Balaban J connectivity index is 1.74. The van der Waals surface area contributed by atoms with Crippen LogP contribution in [0.25, 0.3) is 28.6 Å². The van der Waals surface area contributed by atoms with Crippen LogP contribution in [0.1, 0.15) is 16.8 Å². The molecule has 3 N–H and O–H groups in total. The van der Waals surface area contributed by atoms with Gasteiger partial charge in [-0.3, -0.25) is 9.89 Å². The summed E-state index contributed by atoms with van der Waals surface area (Å²) in [6.45, 7) is 0. The molecule has 0 bridgehead atoms. The normalized spacial score (nSPS) is 15.0. The van der Waals surface area contributed by atoms with Crippen molar-refractivity contribution >= 4 is 46.3 Å². The molecule has 0 unspecified atom stereocenters. The fourth-order valence-electron chi connectivity index (χ4n) is 2.75. The van der Waals surface area contributed by atoms with Crippen LogP contribution >= 0.6 is 0 Å². The lowest BCUT2D eigenvalue weighted by atomic mass is 10.0. The SMILES string of the molecule is O=C(O)/C=C/c1n[nH]c2cc(C=C3C(=O)Nc4ncccc43)ccc12. The molecule has 1 aromatic carbocycles. The van der Waals surface area contributed by atoms with E-state index in [0.29, 0.717) is 17.1 Å². The summed E-state index contributed by atoms with van der Waals surface area (Å²) < 4.78 is 0. The number of anilines is 1. The summed E-state index contributed by atoms with van der Waals surface area (Å²) in [5, 5.41) is 19.2. The number of H-pyrrole nitrogens is 1. The number of rotatable bonds is 3. The van der Waals surface area contributed by atoms with Crippen molar-refractivity contribution in [2.75, 3.05) is 5.32 Å². The number of carbonyl (C=O) groups excluding carboxylic acids is 1. The molecule has 0 saturated carbocycles. The Morgan fingerprint density at radius 3 is 2.96 bits per heavy atom. The van der Waals surface area contributed by atoms with Gasteiger partial charge in [0.15, 0.2) is 0 Å². The summed E-state index contributed by atoms with van der Waals surface area (Å²) in [6.07, 6.45) is 5.89. The lowest BCUT2D eigenvalue weighted by Gasteiger charge is -1.99. The Hall–Kier alpha value is -3.74. The van der Waals surface area contributed by atoms with E-state index in [1.807, 2.05) is 24.3 Å². The van der Waals surface area contributed by atoms with Crippen LogP contribution in [0.5, 0.6) is 0 Å². The zero-order valence-corrected chi connectivity index (χ0v) is 12.9. The summed E-state index contributed by atoms with van der Waals surface area (Å²) in [5.74, 6) is -0.664. The van der Waals surface area contributed by atoms with E-state index in [-0.39, 0.29) is 5.91 Å². The smallest absolute Gasteiger partial charge is 0.328 e. The van der Waals surface area contributed by atoms with E-state index < -0.39 is 5.97 Å². The zero-order valence-electron chi connectivity index (χ0n) is 12.9. The highest BCUT2D eigenvalue weighted by molar-refractivity contribution is 6.34. The number of aromatic amines is 1. The summed E-state index contributed by atoms with van der Waals surface area (Å²) in [5.41, 5.74) is 3.44. The second-order valence-electron chi connectivity index (χ2n) is 5.50. The lowest BCUT2D eigenvalue weighted by molar-refractivity contribution is -0.131. The Bertz CT molecular complexity index is 1080. The molecule has 0 aliphatic carbocycles. The number of fused-ring (bicyclic) bond motifs is 2. The number of aliphatic carboxylic acids is 1. The summed E-state index contributed by atoms with van der Waals surface area (Å²) in [6, 6.07) is 9.17. The first kappa shape index (κ1) is 14.8. The highest BCUT2D eigenvalue weighted by Gasteiger charge is 2.24. The molecule has 0 saturated heterocycles.